The molecule has 1 fully saturated rings. The van der Waals surface area contributed by atoms with Crippen LogP contribution in [0.3, 0.4) is 0 Å². The van der Waals surface area contributed by atoms with E-state index in [2.05, 4.69) is 22.1 Å². The van der Waals surface area contributed by atoms with Crippen LogP contribution in [0.1, 0.15) is 41.5 Å². The minimum absolute atomic E-state index is 0.106. The van der Waals surface area contributed by atoms with Gasteiger partial charge in [0, 0.05) is 44.2 Å². The molecule has 136 valence electrons. The fraction of sp³-hybridized carbons (Fsp3) is 0.400. The summed E-state index contributed by atoms with van der Waals surface area (Å²) < 4.78 is 0. The van der Waals surface area contributed by atoms with E-state index >= 15 is 0 Å². The SMILES string of the molecule is CC(=O)N1CCC(Cc2ncc(C(=O)CO)cn2)(c2ccccc2)CC1. The van der Waals surface area contributed by atoms with Crippen molar-refractivity contribution in [1.82, 2.24) is 14.9 Å². The molecule has 1 saturated heterocycles. The van der Waals surface area contributed by atoms with E-state index in [1.807, 2.05) is 23.1 Å². The van der Waals surface area contributed by atoms with Gasteiger partial charge in [-0.15, -0.1) is 0 Å². The maximum absolute atomic E-state index is 11.7. The summed E-state index contributed by atoms with van der Waals surface area (Å²) in [5, 5.41) is 8.94. The lowest BCUT2D eigenvalue weighted by Gasteiger charge is -2.42. The predicted octanol–water partition coefficient (Wildman–Crippen LogP) is 1.77. The lowest BCUT2D eigenvalue weighted by molar-refractivity contribution is -0.130. The summed E-state index contributed by atoms with van der Waals surface area (Å²) in [7, 11) is 0. The Balaban J connectivity index is 1.85. The second kappa shape index (κ2) is 7.74. The Morgan fingerprint density at radius 2 is 1.73 bits per heavy atom. The van der Waals surface area contributed by atoms with Crippen LogP contribution in [-0.2, 0) is 16.6 Å². The first-order valence-corrected chi connectivity index (χ1v) is 8.80. The highest BCUT2D eigenvalue weighted by Crippen LogP contribution is 2.38. The van der Waals surface area contributed by atoms with E-state index in [0.717, 1.165) is 12.8 Å². The molecule has 1 aliphatic rings. The van der Waals surface area contributed by atoms with Gasteiger partial charge in [0.2, 0.25) is 5.91 Å². The van der Waals surface area contributed by atoms with Gasteiger partial charge in [-0.05, 0) is 18.4 Å². The first kappa shape index (κ1) is 18.2. The monoisotopic (exact) mass is 353 g/mol. The Morgan fingerprint density at radius 3 is 2.27 bits per heavy atom. The summed E-state index contributed by atoms with van der Waals surface area (Å²) in [5.41, 5.74) is 1.41. The fourth-order valence-electron chi connectivity index (χ4n) is 3.59. The molecule has 1 aliphatic heterocycles. The number of aliphatic hydroxyl groups is 1. The smallest absolute Gasteiger partial charge is 0.219 e. The number of amides is 1. The van der Waals surface area contributed by atoms with E-state index in [1.54, 1.807) is 6.92 Å². The highest BCUT2D eigenvalue weighted by atomic mass is 16.3. The Kier molecular flexibility index (Phi) is 5.42. The van der Waals surface area contributed by atoms with Gasteiger partial charge in [-0.2, -0.15) is 0 Å². The first-order valence-electron chi connectivity index (χ1n) is 8.80. The predicted molar refractivity (Wildman–Crippen MR) is 96.8 cm³/mol. The molecule has 1 N–H and O–H groups in total. The number of carbonyl (C=O) groups excluding carboxylic acids is 2. The highest BCUT2D eigenvalue weighted by molar-refractivity contribution is 5.96. The van der Waals surface area contributed by atoms with Crippen LogP contribution in [0.25, 0.3) is 0 Å². The Hall–Kier alpha value is -2.60. The fourth-order valence-corrected chi connectivity index (χ4v) is 3.59. The molecule has 0 atom stereocenters. The number of hydrogen-bond acceptors (Lipinski definition) is 5. The molecular weight excluding hydrogens is 330 g/mol. The van der Waals surface area contributed by atoms with Crippen LogP contribution in [0.5, 0.6) is 0 Å². The summed E-state index contributed by atoms with van der Waals surface area (Å²) in [4.78, 5) is 33.8. The van der Waals surface area contributed by atoms with Gasteiger partial charge in [0.05, 0.1) is 5.56 Å². The normalized spacial score (nSPS) is 16.3. The molecule has 0 unspecified atom stereocenters. The molecule has 0 aliphatic carbocycles. The van der Waals surface area contributed by atoms with E-state index < -0.39 is 6.61 Å². The number of benzene rings is 1. The van der Waals surface area contributed by atoms with Crippen molar-refractivity contribution < 1.29 is 14.7 Å². The topological polar surface area (TPSA) is 83.4 Å². The van der Waals surface area contributed by atoms with Gasteiger partial charge in [-0.1, -0.05) is 30.3 Å². The third-order valence-corrected chi connectivity index (χ3v) is 5.22. The van der Waals surface area contributed by atoms with Crippen LogP contribution in [0.2, 0.25) is 0 Å². The number of Topliss-reactive ketones (excluding diaryl/α,β-unsaturated/α-hetero) is 1. The van der Waals surface area contributed by atoms with Gasteiger partial charge in [-0.3, -0.25) is 9.59 Å². The van der Waals surface area contributed by atoms with E-state index in [9.17, 15) is 9.59 Å². The Morgan fingerprint density at radius 1 is 1.12 bits per heavy atom. The third-order valence-electron chi connectivity index (χ3n) is 5.22. The van der Waals surface area contributed by atoms with Crippen molar-refractivity contribution in [3.63, 3.8) is 0 Å². The summed E-state index contributed by atoms with van der Waals surface area (Å²) >= 11 is 0. The van der Waals surface area contributed by atoms with Gasteiger partial charge in [0.1, 0.15) is 12.4 Å². The van der Waals surface area contributed by atoms with Crippen molar-refractivity contribution in [3.05, 3.63) is 59.7 Å². The zero-order chi connectivity index (χ0) is 18.6. The molecule has 26 heavy (non-hydrogen) atoms. The summed E-state index contributed by atoms with van der Waals surface area (Å²) in [5.74, 6) is 0.387. The minimum atomic E-state index is -0.544. The number of aromatic nitrogens is 2. The van der Waals surface area contributed by atoms with Crippen LogP contribution >= 0.6 is 0 Å². The van der Waals surface area contributed by atoms with E-state index in [1.165, 1.54) is 18.0 Å². The molecule has 6 nitrogen and oxygen atoms in total. The second-order valence-electron chi connectivity index (χ2n) is 6.80. The average molecular weight is 353 g/mol. The molecule has 0 radical (unpaired) electrons. The molecule has 1 amide bonds. The highest BCUT2D eigenvalue weighted by Gasteiger charge is 2.37. The standard InChI is InChI=1S/C20H23N3O3/c1-15(25)23-9-7-20(8-10-23,17-5-3-2-4-6-17)11-19-21-12-16(13-22-19)18(26)14-24/h2-6,12-13,24H,7-11,14H2,1H3. The number of aliphatic hydroxyl groups excluding tert-OH is 1. The molecular formula is C20H23N3O3. The van der Waals surface area contributed by atoms with Gasteiger partial charge < -0.3 is 10.0 Å². The number of hydrogen-bond donors (Lipinski definition) is 1. The van der Waals surface area contributed by atoms with Gasteiger partial charge in [0.25, 0.3) is 0 Å². The number of nitrogens with zero attached hydrogens (tertiary/aromatic N) is 3. The zero-order valence-electron chi connectivity index (χ0n) is 14.9. The van der Waals surface area contributed by atoms with Gasteiger partial charge in [-0.25, -0.2) is 9.97 Å². The van der Waals surface area contributed by atoms with Gasteiger partial charge in [0.15, 0.2) is 5.78 Å². The number of ketones is 1. The summed E-state index contributed by atoms with van der Waals surface area (Å²) in [6, 6.07) is 10.3. The Bertz CT molecular complexity index is 767. The third kappa shape index (κ3) is 3.80. The number of carbonyl (C=O) groups is 2. The molecule has 1 aromatic carbocycles. The van der Waals surface area contributed by atoms with Gasteiger partial charge >= 0.3 is 0 Å². The van der Waals surface area contributed by atoms with Crippen LogP contribution < -0.4 is 0 Å². The molecule has 0 bridgehead atoms. The second-order valence-corrected chi connectivity index (χ2v) is 6.80. The van der Waals surface area contributed by atoms with E-state index in [4.69, 9.17) is 5.11 Å². The van der Waals surface area contributed by atoms with Crippen molar-refractivity contribution >= 4 is 11.7 Å². The van der Waals surface area contributed by atoms with Crippen LogP contribution in [0, 0.1) is 0 Å². The van der Waals surface area contributed by atoms with Crippen molar-refractivity contribution in [2.24, 2.45) is 0 Å². The average Bonchev–Trinajstić information content (AvgIpc) is 2.69. The first-order chi connectivity index (χ1) is 12.5. The summed E-state index contributed by atoms with van der Waals surface area (Å²) in [6.07, 6.45) is 5.29. The van der Waals surface area contributed by atoms with E-state index in [0.29, 0.717) is 30.9 Å². The molecule has 2 aromatic rings. The quantitative estimate of drug-likeness (QED) is 0.829. The lowest BCUT2D eigenvalue weighted by atomic mass is 9.70. The molecule has 6 heteroatoms. The van der Waals surface area contributed by atoms with Crippen LogP contribution in [0.15, 0.2) is 42.7 Å². The zero-order valence-corrected chi connectivity index (χ0v) is 14.9. The maximum Gasteiger partial charge on any atom is 0.219 e. The molecule has 0 spiro atoms. The largest absolute Gasteiger partial charge is 0.388 e. The van der Waals surface area contributed by atoms with Crippen molar-refractivity contribution in [2.45, 2.75) is 31.6 Å². The molecule has 3 rings (SSSR count). The minimum Gasteiger partial charge on any atom is -0.388 e. The molecule has 2 heterocycles. The maximum atomic E-state index is 11.7. The molecule has 1 aromatic heterocycles. The van der Waals surface area contributed by atoms with E-state index in [-0.39, 0.29) is 17.1 Å². The van der Waals surface area contributed by atoms with Crippen LogP contribution in [0.4, 0.5) is 0 Å². The van der Waals surface area contributed by atoms with Crippen LogP contribution in [-0.4, -0.2) is 51.4 Å². The van der Waals surface area contributed by atoms with Crippen molar-refractivity contribution in [3.8, 4) is 0 Å². The number of rotatable bonds is 5. The molecule has 0 saturated carbocycles. The Labute approximate surface area is 152 Å². The summed E-state index contributed by atoms with van der Waals surface area (Å²) in [6.45, 7) is 2.49. The number of piperidine rings is 1. The van der Waals surface area contributed by atoms with Crippen molar-refractivity contribution in [2.75, 3.05) is 19.7 Å². The number of likely N-dealkylation sites (tertiary alicyclic amines) is 1. The van der Waals surface area contributed by atoms with Crippen molar-refractivity contribution in [1.29, 1.82) is 0 Å². The lowest BCUT2D eigenvalue weighted by Crippen LogP contribution is -2.45.